The van der Waals surface area contributed by atoms with Crippen LogP contribution in [0.4, 0.5) is 0 Å². The molecule has 51 heavy (non-hydrogen) atoms. The van der Waals surface area contributed by atoms with Crippen LogP contribution in [0.2, 0.25) is 0 Å². The molecule has 3 saturated heterocycles. The van der Waals surface area contributed by atoms with Crippen molar-refractivity contribution in [1.82, 2.24) is 9.80 Å². The molecule has 9 fully saturated rings. The van der Waals surface area contributed by atoms with Gasteiger partial charge in [-0.2, -0.15) is 0 Å². The second kappa shape index (κ2) is 12.4. The molecular weight excluding hydrogens is 646 g/mol. The van der Waals surface area contributed by atoms with Gasteiger partial charge in [0.1, 0.15) is 0 Å². The van der Waals surface area contributed by atoms with Crippen molar-refractivity contribution in [3.05, 3.63) is 0 Å². The second-order valence-corrected chi connectivity index (χ2v) is 19.7. The Hall–Kier alpha value is -1.30. The first-order valence-corrected chi connectivity index (χ1v) is 20.9. The molecule has 2 spiro atoms. The van der Waals surface area contributed by atoms with Gasteiger partial charge in [-0.3, -0.25) is 9.59 Å². The first-order chi connectivity index (χ1) is 24.3. The Balaban J connectivity index is 0.888. The highest BCUT2D eigenvalue weighted by Crippen LogP contribution is 2.87. The summed E-state index contributed by atoms with van der Waals surface area (Å²) in [5, 5.41) is 12.5. The van der Waals surface area contributed by atoms with Gasteiger partial charge in [-0.05, 0) is 122 Å². The highest BCUT2D eigenvalue weighted by atomic mass is 16.7. The van der Waals surface area contributed by atoms with Gasteiger partial charge in [-0.25, -0.2) is 0 Å². The lowest BCUT2D eigenvalue weighted by atomic mass is 9.43. The molecule has 3 N–H and O–H groups in total. The predicted molar refractivity (Wildman–Crippen MR) is 190 cm³/mol. The molecule has 0 aromatic carbocycles. The summed E-state index contributed by atoms with van der Waals surface area (Å²) < 4.78 is 25.3. The third-order valence-electron chi connectivity index (χ3n) is 17.2. The van der Waals surface area contributed by atoms with Crippen molar-refractivity contribution >= 4 is 11.8 Å². The number of aliphatic hydroxyl groups excluding tert-OH is 1. The van der Waals surface area contributed by atoms with Gasteiger partial charge in [-0.15, -0.1) is 0 Å². The normalized spacial score (nSPS) is 50.0. The number of carbonyl (C=O) groups excluding carboxylic acids is 2. The quantitative estimate of drug-likeness (QED) is 0.396. The maximum absolute atomic E-state index is 13.0. The van der Waals surface area contributed by atoms with Crippen LogP contribution >= 0.6 is 0 Å². The van der Waals surface area contributed by atoms with E-state index in [1.165, 1.54) is 25.7 Å². The van der Waals surface area contributed by atoms with E-state index in [0.717, 1.165) is 38.5 Å². The molecule has 2 amide bonds. The molecule has 10 heteroatoms. The van der Waals surface area contributed by atoms with Crippen molar-refractivity contribution in [2.24, 2.45) is 57.0 Å². The van der Waals surface area contributed by atoms with E-state index in [2.05, 4.69) is 27.7 Å². The minimum atomic E-state index is -0.703. The highest BCUT2D eigenvalue weighted by Gasteiger charge is 2.85. The van der Waals surface area contributed by atoms with Crippen LogP contribution < -0.4 is 5.73 Å². The van der Waals surface area contributed by atoms with Crippen LogP contribution in [0.15, 0.2) is 0 Å². The maximum atomic E-state index is 13.0. The van der Waals surface area contributed by atoms with Crippen LogP contribution in [0.25, 0.3) is 0 Å². The lowest BCUT2D eigenvalue weighted by Gasteiger charge is -2.63. The number of ether oxygens (including phenoxy) is 4. The number of nitrogens with zero attached hydrogens (tertiary/aromatic N) is 2. The number of aliphatic hydroxyl groups is 1. The van der Waals surface area contributed by atoms with Gasteiger partial charge < -0.3 is 39.6 Å². The van der Waals surface area contributed by atoms with Gasteiger partial charge in [0.2, 0.25) is 11.8 Å². The maximum Gasteiger partial charge on any atom is 0.223 e. The molecule has 0 aromatic rings. The van der Waals surface area contributed by atoms with Crippen LogP contribution in [0.3, 0.4) is 0 Å². The topological polar surface area (TPSA) is 124 Å². The number of rotatable bonds is 7. The van der Waals surface area contributed by atoms with E-state index in [1.807, 2.05) is 9.80 Å². The van der Waals surface area contributed by atoms with E-state index in [9.17, 15) is 14.7 Å². The summed E-state index contributed by atoms with van der Waals surface area (Å²) in [6, 6.07) is 0. The number of hydrogen-bond donors (Lipinski definition) is 2. The Morgan fingerprint density at radius 1 is 0.902 bits per heavy atom. The van der Waals surface area contributed by atoms with E-state index in [-0.39, 0.29) is 69.9 Å². The molecule has 3 heterocycles. The monoisotopic (exact) mass is 711 g/mol. The lowest BCUT2D eigenvalue weighted by molar-refractivity contribution is -0.245. The molecule has 0 radical (unpaired) electrons. The van der Waals surface area contributed by atoms with Crippen LogP contribution in [0.5, 0.6) is 0 Å². The number of carbonyl (C=O) groups is 2. The van der Waals surface area contributed by atoms with Crippen LogP contribution in [-0.4, -0.2) is 109 Å². The van der Waals surface area contributed by atoms with Gasteiger partial charge in [0.25, 0.3) is 0 Å². The molecular formula is C41H65N3O7. The zero-order valence-electron chi connectivity index (χ0n) is 31.8. The van der Waals surface area contributed by atoms with Crippen molar-refractivity contribution in [3.8, 4) is 0 Å². The number of hydrogen-bond acceptors (Lipinski definition) is 8. The van der Waals surface area contributed by atoms with Crippen LogP contribution in [0.1, 0.15) is 111 Å². The summed E-state index contributed by atoms with van der Waals surface area (Å²) in [6.45, 7) is 13.9. The molecule has 6 saturated carbocycles. The van der Waals surface area contributed by atoms with Crippen molar-refractivity contribution in [1.29, 1.82) is 0 Å². The fourth-order valence-electron chi connectivity index (χ4n) is 14.5. The minimum absolute atomic E-state index is 0.0231. The second-order valence-electron chi connectivity index (χ2n) is 19.7. The van der Waals surface area contributed by atoms with Gasteiger partial charge in [0, 0.05) is 32.5 Å². The summed E-state index contributed by atoms with van der Waals surface area (Å²) in [5.74, 6) is 2.45. The van der Waals surface area contributed by atoms with Gasteiger partial charge in [0.05, 0.1) is 56.3 Å². The van der Waals surface area contributed by atoms with Gasteiger partial charge >= 0.3 is 0 Å². The zero-order valence-corrected chi connectivity index (χ0v) is 31.8. The zero-order chi connectivity index (χ0) is 35.6. The van der Waals surface area contributed by atoms with E-state index in [0.29, 0.717) is 83.0 Å². The van der Waals surface area contributed by atoms with Gasteiger partial charge in [0.15, 0.2) is 6.29 Å². The Bertz CT molecular complexity index is 1380. The SMILES string of the molecule is CC1CC(CCC(=O)N2CCOCC2)OC2C1C1(C)CCC34CC35CCC(OC3CN(C(=O)CC6CC6)CCO3)C(C)(C)C5CCC4C1(N)C2O. The average molecular weight is 712 g/mol. The van der Waals surface area contributed by atoms with Crippen molar-refractivity contribution in [2.75, 3.05) is 46.0 Å². The molecule has 0 bridgehead atoms. The summed E-state index contributed by atoms with van der Waals surface area (Å²) in [6.07, 6.45) is 11.6. The molecule has 9 aliphatic rings. The third-order valence-corrected chi connectivity index (χ3v) is 17.2. The lowest BCUT2D eigenvalue weighted by Crippen LogP contribution is -2.70. The largest absolute Gasteiger partial charge is 0.388 e. The van der Waals surface area contributed by atoms with Crippen molar-refractivity contribution in [2.45, 2.75) is 147 Å². The third kappa shape index (κ3) is 5.22. The summed E-state index contributed by atoms with van der Waals surface area (Å²) in [5.41, 5.74) is 7.34. The van der Waals surface area contributed by atoms with E-state index in [1.54, 1.807) is 0 Å². The summed E-state index contributed by atoms with van der Waals surface area (Å²) >= 11 is 0. The molecule has 3 aliphatic heterocycles. The number of fused-ring (bicyclic) bond motifs is 4. The van der Waals surface area contributed by atoms with Crippen LogP contribution in [0, 0.1) is 51.2 Å². The van der Waals surface area contributed by atoms with E-state index in [4.69, 9.17) is 24.7 Å². The van der Waals surface area contributed by atoms with E-state index >= 15 is 0 Å². The Kier molecular flexibility index (Phi) is 8.58. The van der Waals surface area contributed by atoms with E-state index < -0.39 is 11.6 Å². The number of morpholine rings is 2. The molecule has 0 aromatic heterocycles. The van der Waals surface area contributed by atoms with Crippen molar-refractivity contribution < 1.29 is 33.6 Å². The van der Waals surface area contributed by atoms with Crippen molar-refractivity contribution in [3.63, 3.8) is 0 Å². The Morgan fingerprint density at radius 2 is 1.63 bits per heavy atom. The van der Waals surface area contributed by atoms with Gasteiger partial charge in [-0.1, -0.05) is 27.7 Å². The first-order valence-electron chi connectivity index (χ1n) is 20.9. The molecule has 10 nitrogen and oxygen atoms in total. The molecule has 13 unspecified atom stereocenters. The summed E-state index contributed by atoms with van der Waals surface area (Å²) in [4.78, 5) is 29.8. The standard InChI is InChI=1S/C41H65N3O7/c1-25-21-27(7-10-31(45)43-15-18-48-19-16-43)50-35-34(25)38(4)13-14-40-24-39(40)12-11-30(37(2,3)28(39)8-9-29(40)41(38,42)36(35)47)51-33-23-44(17-20-49-33)32(46)22-26-5-6-26/h25-30,33-36,47H,5-24,42H2,1-4H3. The number of nitrogens with two attached hydrogens (primary N) is 1. The molecule has 286 valence electrons. The number of amides is 2. The Morgan fingerprint density at radius 3 is 2.39 bits per heavy atom. The molecule has 13 atom stereocenters. The fourth-order valence-corrected chi connectivity index (χ4v) is 14.5. The first kappa shape index (κ1) is 35.4. The van der Waals surface area contributed by atoms with Crippen LogP contribution in [-0.2, 0) is 28.5 Å². The fraction of sp³-hybridized carbons (Fsp3) is 0.951. The minimum Gasteiger partial charge on any atom is -0.388 e. The molecule has 9 rings (SSSR count). The highest BCUT2D eigenvalue weighted by molar-refractivity contribution is 5.77. The average Bonchev–Trinajstić information content (AvgIpc) is 4.04. The predicted octanol–water partition coefficient (Wildman–Crippen LogP) is 4.50. The summed E-state index contributed by atoms with van der Waals surface area (Å²) in [7, 11) is 0. The smallest absolute Gasteiger partial charge is 0.223 e. The molecule has 6 aliphatic carbocycles. The Labute approximate surface area is 305 Å².